The minimum atomic E-state index is 0.935. The van der Waals surface area contributed by atoms with E-state index in [1.807, 2.05) is 12.1 Å². The molecule has 4 aromatic heterocycles. The fourth-order valence-electron chi connectivity index (χ4n) is 8.86. The monoisotopic (exact) mass is 768 g/mol. The van der Waals surface area contributed by atoms with Crippen LogP contribution in [0.1, 0.15) is 22.3 Å². The van der Waals surface area contributed by atoms with Crippen molar-refractivity contribution in [1.29, 1.82) is 0 Å². The number of aryl methyl sites for hydroxylation is 4. The Balaban J connectivity index is 0.918. The summed E-state index contributed by atoms with van der Waals surface area (Å²) < 4.78 is 0. The highest BCUT2D eigenvalue weighted by Gasteiger charge is 2.16. The van der Waals surface area contributed by atoms with Gasteiger partial charge < -0.3 is 0 Å². The van der Waals surface area contributed by atoms with Crippen molar-refractivity contribution in [3.05, 3.63) is 192 Å². The minimum absolute atomic E-state index is 0.935. The normalized spacial score (nSPS) is 11.7. The lowest BCUT2D eigenvalue weighted by atomic mass is 9.96. The zero-order valence-corrected chi connectivity index (χ0v) is 34.0. The highest BCUT2D eigenvalue weighted by atomic mass is 14.8. The molecule has 0 saturated heterocycles. The Kier molecular flexibility index (Phi) is 8.35. The van der Waals surface area contributed by atoms with E-state index in [0.29, 0.717) is 0 Å². The average molecular weight is 769 g/mol. The van der Waals surface area contributed by atoms with Crippen molar-refractivity contribution in [2.45, 2.75) is 27.7 Å². The largest absolute Gasteiger partial charge is 0.245 e. The van der Waals surface area contributed by atoms with Crippen LogP contribution in [-0.4, -0.2) is 19.9 Å². The standard InChI is InChI=1S/C56H40N4/c1-33-34(2)47-25-29-51(59-54(47)53-45(33)23-27-49(57-53)38-11-7-5-8-12-38)40-17-15-37(16-18-40)41-19-20-43-32-44(22-21-42(43)31-41)52-30-26-48-36(4)35(3)46-24-28-50(39-13-9-6-10-14-39)58-55(46)56(48)60-52/h5-32H,1-4H3. The lowest BCUT2D eigenvalue weighted by Gasteiger charge is -2.14. The van der Waals surface area contributed by atoms with Gasteiger partial charge in [-0.05, 0) is 108 Å². The molecule has 4 heteroatoms. The zero-order valence-electron chi connectivity index (χ0n) is 34.0. The molecular weight excluding hydrogens is 729 g/mol. The van der Waals surface area contributed by atoms with Gasteiger partial charge in [-0.3, -0.25) is 0 Å². The minimum Gasteiger partial charge on any atom is -0.245 e. The Hall–Kier alpha value is -7.56. The number of rotatable bonds is 5. The van der Waals surface area contributed by atoms with Crippen molar-refractivity contribution >= 4 is 54.4 Å². The van der Waals surface area contributed by atoms with Gasteiger partial charge in [-0.25, -0.2) is 19.9 Å². The summed E-state index contributed by atoms with van der Waals surface area (Å²) in [6, 6.07) is 60.2. The van der Waals surface area contributed by atoms with Gasteiger partial charge in [0, 0.05) is 43.8 Å². The summed E-state index contributed by atoms with van der Waals surface area (Å²) in [5.41, 5.74) is 19.2. The molecule has 0 amide bonds. The predicted octanol–water partition coefficient (Wildman–Crippen LogP) is 14.6. The number of benzene rings is 7. The molecule has 0 saturated carbocycles. The van der Waals surface area contributed by atoms with Gasteiger partial charge in [-0.1, -0.05) is 133 Å². The summed E-state index contributed by atoms with van der Waals surface area (Å²) in [7, 11) is 0. The number of pyridine rings is 4. The van der Waals surface area contributed by atoms with Gasteiger partial charge in [0.15, 0.2) is 0 Å². The predicted molar refractivity (Wildman–Crippen MR) is 251 cm³/mol. The summed E-state index contributed by atoms with van der Waals surface area (Å²) in [6.45, 7) is 8.74. The first-order valence-corrected chi connectivity index (χ1v) is 20.6. The second-order valence-corrected chi connectivity index (χ2v) is 16.0. The van der Waals surface area contributed by atoms with Gasteiger partial charge in [-0.2, -0.15) is 0 Å². The fourth-order valence-corrected chi connectivity index (χ4v) is 8.86. The molecule has 60 heavy (non-hydrogen) atoms. The third kappa shape index (κ3) is 5.91. The maximum absolute atomic E-state index is 5.30. The fraction of sp³-hybridized carbons (Fsp3) is 0.0714. The topological polar surface area (TPSA) is 51.6 Å². The number of hydrogen-bond donors (Lipinski definition) is 0. The van der Waals surface area contributed by atoms with Crippen molar-refractivity contribution in [1.82, 2.24) is 19.9 Å². The van der Waals surface area contributed by atoms with Gasteiger partial charge in [-0.15, -0.1) is 0 Å². The van der Waals surface area contributed by atoms with Crippen LogP contribution in [0.2, 0.25) is 0 Å². The molecular formula is C56H40N4. The molecule has 7 aromatic carbocycles. The van der Waals surface area contributed by atoms with Crippen molar-refractivity contribution in [2.75, 3.05) is 0 Å². The second kappa shape index (κ2) is 14.1. The molecule has 4 nitrogen and oxygen atoms in total. The molecule has 0 bridgehead atoms. The van der Waals surface area contributed by atoms with E-state index < -0.39 is 0 Å². The first-order chi connectivity index (χ1) is 29.4. The van der Waals surface area contributed by atoms with Crippen molar-refractivity contribution in [3.8, 4) is 56.2 Å². The summed E-state index contributed by atoms with van der Waals surface area (Å²) in [5.74, 6) is 0. The Morgan fingerprint density at radius 2 is 0.550 bits per heavy atom. The third-order valence-electron chi connectivity index (χ3n) is 12.6. The second-order valence-electron chi connectivity index (χ2n) is 16.0. The summed E-state index contributed by atoms with van der Waals surface area (Å²) in [6.07, 6.45) is 0. The van der Waals surface area contributed by atoms with E-state index in [2.05, 4.69) is 185 Å². The summed E-state index contributed by atoms with van der Waals surface area (Å²) in [4.78, 5) is 21.0. The maximum atomic E-state index is 5.30. The number of hydrogen-bond acceptors (Lipinski definition) is 4. The molecule has 0 aliphatic rings. The number of nitrogens with zero attached hydrogens (tertiary/aromatic N) is 4. The maximum Gasteiger partial charge on any atom is 0.0975 e. The molecule has 11 aromatic rings. The van der Waals surface area contributed by atoms with Gasteiger partial charge in [0.1, 0.15) is 0 Å². The van der Waals surface area contributed by atoms with Crippen LogP contribution in [-0.2, 0) is 0 Å². The highest BCUT2D eigenvalue weighted by Crippen LogP contribution is 2.37. The number of fused-ring (bicyclic) bond motifs is 7. The summed E-state index contributed by atoms with van der Waals surface area (Å²) >= 11 is 0. The Labute approximate surface area is 348 Å². The Morgan fingerprint density at radius 1 is 0.250 bits per heavy atom. The molecule has 0 atom stereocenters. The molecule has 0 N–H and O–H groups in total. The van der Waals surface area contributed by atoms with Crippen LogP contribution in [0.25, 0.3) is 111 Å². The lowest BCUT2D eigenvalue weighted by Crippen LogP contribution is -1.96. The van der Waals surface area contributed by atoms with Crippen LogP contribution in [0, 0.1) is 27.7 Å². The van der Waals surface area contributed by atoms with Gasteiger partial charge in [0.05, 0.1) is 44.8 Å². The van der Waals surface area contributed by atoms with E-state index in [0.717, 1.165) is 94.2 Å². The average Bonchev–Trinajstić information content (AvgIpc) is 3.32. The molecule has 0 aliphatic carbocycles. The third-order valence-corrected chi connectivity index (χ3v) is 12.6. The van der Waals surface area contributed by atoms with Crippen LogP contribution in [0.4, 0.5) is 0 Å². The highest BCUT2D eigenvalue weighted by molar-refractivity contribution is 6.09. The zero-order chi connectivity index (χ0) is 40.5. The quantitative estimate of drug-likeness (QED) is 0.164. The van der Waals surface area contributed by atoms with Crippen LogP contribution in [0.3, 0.4) is 0 Å². The van der Waals surface area contributed by atoms with Crippen LogP contribution in [0.5, 0.6) is 0 Å². The summed E-state index contributed by atoms with van der Waals surface area (Å²) in [5, 5.41) is 6.93. The van der Waals surface area contributed by atoms with Crippen LogP contribution < -0.4 is 0 Å². The van der Waals surface area contributed by atoms with E-state index in [-0.39, 0.29) is 0 Å². The SMILES string of the molecule is Cc1c(C)c2ccc(-c3ccc(-c4ccc5cc(-c6ccc7c(C)c(C)c8ccc(-c9ccccc9)nc8c7n6)ccc5c4)cc3)nc2c2nc(-c3ccccc3)ccc12. The molecule has 284 valence electrons. The lowest BCUT2D eigenvalue weighted by molar-refractivity contribution is 1.33. The number of aromatic nitrogens is 4. The van der Waals surface area contributed by atoms with Crippen molar-refractivity contribution < 1.29 is 0 Å². The molecule has 4 heterocycles. The Morgan fingerprint density at radius 3 is 0.950 bits per heavy atom. The van der Waals surface area contributed by atoms with Crippen molar-refractivity contribution in [2.24, 2.45) is 0 Å². The Bertz CT molecular complexity index is 3500. The first kappa shape index (κ1) is 35.6. The van der Waals surface area contributed by atoms with E-state index in [4.69, 9.17) is 19.9 Å². The van der Waals surface area contributed by atoms with E-state index in [1.54, 1.807) is 0 Å². The van der Waals surface area contributed by atoms with Gasteiger partial charge in [0.2, 0.25) is 0 Å². The molecule has 0 fully saturated rings. The first-order valence-electron chi connectivity index (χ1n) is 20.6. The van der Waals surface area contributed by atoms with Crippen LogP contribution >= 0.6 is 0 Å². The van der Waals surface area contributed by atoms with Crippen LogP contribution in [0.15, 0.2) is 170 Å². The molecule has 0 radical (unpaired) electrons. The van der Waals surface area contributed by atoms with E-state index in [1.165, 1.54) is 38.6 Å². The molecule has 11 rings (SSSR count). The van der Waals surface area contributed by atoms with Gasteiger partial charge in [0.25, 0.3) is 0 Å². The molecule has 0 unspecified atom stereocenters. The van der Waals surface area contributed by atoms with Crippen molar-refractivity contribution in [3.63, 3.8) is 0 Å². The van der Waals surface area contributed by atoms with E-state index >= 15 is 0 Å². The van der Waals surface area contributed by atoms with Gasteiger partial charge >= 0.3 is 0 Å². The molecule has 0 spiro atoms. The molecule has 0 aliphatic heterocycles. The smallest absolute Gasteiger partial charge is 0.0975 e. The van der Waals surface area contributed by atoms with E-state index in [9.17, 15) is 0 Å².